The van der Waals surface area contributed by atoms with E-state index in [0.717, 1.165) is 6.92 Å². The summed E-state index contributed by atoms with van der Waals surface area (Å²) in [6, 6.07) is 0. The molecule has 1 saturated heterocycles. The number of carbonyl (C=O) groups excluding carboxylic acids is 1. The van der Waals surface area contributed by atoms with Gasteiger partial charge in [-0.05, 0) is 0 Å². The number of halogens is 3. The summed E-state index contributed by atoms with van der Waals surface area (Å²) < 4.78 is 71.3. The molecule has 6 nitrogen and oxygen atoms in total. The van der Waals surface area contributed by atoms with Gasteiger partial charge in [-0.1, -0.05) is 0 Å². The van der Waals surface area contributed by atoms with E-state index in [0.29, 0.717) is 0 Å². The van der Waals surface area contributed by atoms with E-state index in [2.05, 4.69) is 8.92 Å². The molecule has 1 rings (SSSR count). The second kappa shape index (κ2) is 5.41. The minimum absolute atomic E-state index is 0.0265. The van der Waals surface area contributed by atoms with Gasteiger partial charge >= 0.3 is 21.6 Å². The molecule has 0 saturated carbocycles. The van der Waals surface area contributed by atoms with E-state index in [1.54, 1.807) is 0 Å². The number of alkyl halides is 3. The van der Waals surface area contributed by atoms with Crippen LogP contribution >= 0.6 is 0 Å². The van der Waals surface area contributed by atoms with E-state index >= 15 is 0 Å². The molecule has 0 N–H and O–H groups in total. The molecule has 0 aromatic heterocycles. The van der Waals surface area contributed by atoms with Gasteiger partial charge in [-0.3, -0.25) is 8.98 Å². The number of rotatable bonds is 4. The Morgan fingerprint density at radius 1 is 1.44 bits per heavy atom. The zero-order chi connectivity index (χ0) is 14.0. The van der Waals surface area contributed by atoms with Gasteiger partial charge in [0.2, 0.25) is 0 Å². The quantitative estimate of drug-likeness (QED) is 0.428. The van der Waals surface area contributed by atoms with E-state index in [4.69, 9.17) is 4.74 Å². The molecule has 0 radical (unpaired) electrons. The summed E-state index contributed by atoms with van der Waals surface area (Å²) in [6.45, 7) is 0.786. The molecular formula is C8H11F3O6S. The molecule has 0 aliphatic carbocycles. The van der Waals surface area contributed by atoms with Crippen molar-refractivity contribution >= 4 is 16.1 Å². The molecule has 106 valence electrons. The normalized spacial score (nSPS) is 25.1. The van der Waals surface area contributed by atoms with Gasteiger partial charge in [0.15, 0.2) is 0 Å². The van der Waals surface area contributed by atoms with E-state index in [1.807, 2.05) is 0 Å². The van der Waals surface area contributed by atoms with Crippen LogP contribution < -0.4 is 0 Å². The molecule has 1 unspecified atom stereocenters. The van der Waals surface area contributed by atoms with Crippen molar-refractivity contribution in [1.82, 2.24) is 0 Å². The average molecular weight is 292 g/mol. The van der Waals surface area contributed by atoms with E-state index in [1.165, 1.54) is 0 Å². The summed E-state index contributed by atoms with van der Waals surface area (Å²) in [5, 5.41) is 0. The molecule has 0 bridgehead atoms. The molecule has 0 spiro atoms. The lowest BCUT2D eigenvalue weighted by molar-refractivity contribution is -0.145. The molecule has 0 amide bonds. The lowest BCUT2D eigenvalue weighted by Gasteiger charge is -2.18. The van der Waals surface area contributed by atoms with Crippen LogP contribution in [0.3, 0.4) is 0 Å². The van der Waals surface area contributed by atoms with Crippen molar-refractivity contribution in [2.24, 2.45) is 0 Å². The van der Waals surface area contributed by atoms with Crippen molar-refractivity contribution in [1.29, 1.82) is 0 Å². The lowest BCUT2D eigenvalue weighted by atomic mass is 10.2. The number of carbonyl (C=O) groups is 1. The van der Waals surface area contributed by atoms with Crippen LogP contribution in [-0.2, 0) is 28.6 Å². The van der Waals surface area contributed by atoms with Crippen LogP contribution in [0.15, 0.2) is 0 Å². The third kappa shape index (κ3) is 3.82. The van der Waals surface area contributed by atoms with Gasteiger partial charge in [-0.25, -0.2) is 0 Å². The van der Waals surface area contributed by atoms with Gasteiger partial charge in [-0.2, -0.15) is 21.6 Å². The van der Waals surface area contributed by atoms with Crippen LogP contribution in [-0.4, -0.2) is 45.3 Å². The summed E-state index contributed by atoms with van der Waals surface area (Å²) in [5.41, 5.74) is -5.48. The van der Waals surface area contributed by atoms with Crippen LogP contribution in [0.5, 0.6) is 0 Å². The summed E-state index contributed by atoms with van der Waals surface area (Å²) in [7, 11) is -5.67. The Labute approximate surface area is 101 Å². The third-order valence-electron chi connectivity index (χ3n) is 2.13. The lowest BCUT2D eigenvalue weighted by Crippen LogP contribution is -2.36. The van der Waals surface area contributed by atoms with Gasteiger partial charge in [0.05, 0.1) is 0 Å². The summed E-state index contributed by atoms with van der Waals surface area (Å²) >= 11 is 0. The van der Waals surface area contributed by atoms with E-state index in [-0.39, 0.29) is 19.6 Å². The maximum atomic E-state index is 12.1. The van der Waals surface area contributed by atoms with Crippen molar-refractivity contribution in [2.45, 2.75) is 31.1 Å². The minimum Gasteiger partial charge on any atom is -0.463 e. The first kappa shape index (κ1) is 15.2. The Kier molecular flexibility index (Phi) is 4.56. The van der Waals surface area contributed by atoms with Gasteiger partial charge < -0.3 is 9.47 Å². The van der Waals surface area contributed by atoms with Crippen molar-refractivity contribution in [3.05, 3.63) is 0 Å². The minimum atomic E-state index is -5.67. The highest BCUT2D eigenvalue weighted by Gasteiger charge is 2.50. The number of esters is 1. The van der Waals surface area contributed by atoms with Crippen molar-refractivity contribution in [3.8, 4) is 0 Å². The first-order chi connectivity index (χ1) is 8.13. The van der Waals surface area contributed by atoms with E-state index < -0.39 is 33.8 Å². The Morgan fingerprint density at radius 3 is 2.56 bits per heavy atom. The molecule has 1 aliphatic heterocycles. The maximum Gasteiger partial charge on any atom is 0.523 e. The molecule has 2 atom stereocenters. The Balaban J connectivity index is 2.63. The van der Waals surface area contributed by atoms with Crippen molar-refractivity contribution in [3.63, 3.8) is 0 Å². The van der Waals surface area contributed by atoms with Gasteiger partial charge in [0.1, 0.15) is 18.8 Å². The van der Waals surface area contributed by atoms with Crippen molar-refractivity contribution in [2.75, 3.05) is 13.2 Å². The largest absolute Gasteiger partial charge is 0.523 e. The monoisotopic (exact) mass is 292 g/mol. The third-order valence-corrected chi connectivity index (χ3v) is 3.20. The topological polar surface area (TPSA) is 78.9 Å². The maximum absolute atomic E-state index is 12.1. The molecule has 1 aliphatic rings. The van der Waals surface area contributed by atoms with Crippen LogP contribution in [0.1, 0.15) is 13.3 Å². The standard InChI is InChI=1S/C8H11F3O6S/c1-5(12)16-4-7-6(2-3-15-7)17-18(13,14)8(9,10)11/h6-7H,2-4H2,1H3/t6?,7-/m1/s1. The number of hydrogen-bond donors (Lipinski definition) is 0. The average Bonchev–Trinajstić information content (AvgIpc) is 2.59. The smallest absolute Gasteiger partial charge is 0.463 e. The SMILES string of the molecule is CC(=O)OC[C@H]1OCCC1OS(=O)(=O)C(F)(F)F. The highest BCUT2D eigenvalue weighted by atomic mass is 32.2. The van der Waals surface area contributed by atoms with Crippen molar-refractivity contribution < 1.29 is 40.0 Å². The van der Waals surface area contributed by atoms with Crippen LogP contribution in [0.25, 0.3) is 0 Å². The van der Waals surface area contributed by atoms with Gasteiger partial charge in [-0.15, -0.1) is 0 Å². The zero-order valence-corrected chi connectivity index (χ0v) is 10.1. The summed E-state index contributed by atoms with van der Waals surface area (Å²) in [6.07, 6.45) is -2.36. The predicted octanol–water partition coefficient (Wildman–Crippen LogP) is 0.573. The van der Waals surface area contributed by atoms with E-state index in [9.17, 15) is 26.4 Å². The zero-order valence-electron chi connectivity index (χ0n) is 9.27. The summed E-state index contributed by atoms with van der Waals surface area (Å²) in [5.74, 6) is -0.650. The van der Waals surface area contributed by atoms with Crippen LogP contribution in [0, 0.1) is 0 Å². The molecule has 1 fully saturated rings. The molecule has 0 aromatic rings. The highest BCUT2D eigenvalue weighted by molar-refractivity contribution is 7.87. The van der Waals surface area contributed by atoms with Crippen LogP contribution in [0.2, 0.25) is 0 Å². The number of ether oxygens (including phenoxy) is 2. The first-order valence-electron chi connectivity index (χ1n) is 4.88. The predicted molar refractivity (Wildman–Crippen MR) is 50.8 cm³/mol. The van der Waals surface area contributed by atoms with Gasteiger partial charge in [0.25, 0.3) is 0 Å². The fourth-order valence-electron chi connectivity index (χ4n) is 1.31. The summed E-state index contributed by atoms with van der Waals surface area (Å²) in [4.78, 5) is 10.5. The molecule has 0 aromatic carbocycles. The van der Waals surface area contributed by atoms with Crippen LogP contribution in [0.4, 0.5) is 13.2 Å². The first-order valence-corrected chi connectivity index (χ1v) is 6.29. The molecule has 18 heavy (non-hydrogen) atoms. The Morgan fingerprint density at radius 2 is 2.06 bits per heavy atom. The Bertz CT molecular complexity index is 404. The number of hydrogen-bond acceptors (Lipinski definition) is 6. The van der Waals surface area contributed by atoms with Gasteiger partial charge in [0, 0.05) is 20.0 Å². The highest BCUT2D eigenvalue weighted by Crippen LogP contribution is 2.29. The molecule has 10 heteroatoms. The Hall–Kier alpha value is -0.870. The molecule has 1 heterocycles. The second-order valence-electron chi connectivity index (χ2n) is 3.54. The second-order valence-corrected chi connectivity index (χ2v) is 5.10. The fourth-order valence-corrected chi connectivity index (χ4v) is 1.97. The molecular weight excluding hydrogens is 281 g/mol. The fraction of sp³-hybridized carbons (Fsp3) is 0.875.